The highest BCUT2D eigenvalue weighted by molar-refractivity contribution is 6.47. The third kappa shape index (κ3) is 1.66. The molecule has 2 heterocycles. The van der Waals surface area contributed by atoms with Crippen molar-refractivity contribution in [3.8, 4) is 0 Å². The average Bonchev–Trinajstić information content (AvgIpc) is 2.80. The number of amides is 3. The average molecular weight is 270 g/mol. The molecule has 1 fully saturated rings. The Morgan fingerprint density at radius 2 is 1.89 bits per heavy atom. The van der Waals surface area contributed by atoms with Crippen LogP contribution in [0.15, 0.2) is 9.98 Å². The van der Waals surface area contributed by atoms with Gasteiger partial charge in [0.1, 0.15) is 5.84 Å². The Balaban J connectivity index is 2.57. The Bertz CT molecular complexity index is 488. The molecule has 2 rings (SSSR count). The van der Waals surface area contributed by atoms with Crippen LogP contribution in [0.3, 0.4) is 0 Å². The number of hydroxylamine groups is 4. The number of rotatable bonds is 4. The number of methoxy groups -OCH3 is 1. The smallest absolute Gasteiger partial charge is 0.333 e. The Morgan fingerprint density at radius 1 is 1.21 bits per heavy atom. The molecule has 0 aromatic heterocycles. The number of urea groups is 1. The van der Waals surface area contributed by atoms with E-state index in [1.807, 2.05) is 6.92 Å². The Kier molecular flexibility index (Phi) is 3.35. The molecule has 0 aromatic carbocycles. The quantitative estimate of drug-likeness (QED) is 0.713. The second-order valence-corrected chi connectivity index (χ2v) is 3.70. The van der Waals surface area contributed by atoms with Gasteiger partial charge in [0.2, 0.25) is 0 Å². The summed E-state index contributed by atoms with van der Waals surface area (Å²) in [6, 6.07) is -0.836. The van der Waals surface area contributed by atoms with Gasteiger partial charge >= 0.3 is 17.8 Å². The first-order valence-corrected chi connectivity index (χ1v) is 5.55. The molecule has 1 unspecified atom stereocenters. The zero-order chi connectivity index (χ0) is 14.2. The van der Waals surface area contributed by atoms with Crippen LogP contribution in [-0.4, -0.2) is 60.8 Å². The lowest BCUT2D eigenvalue weighted by atomic mass is 10.2. The Morgan fingerprint density at radius 3 is 2.37 bits per heavy atom. The summed E-state index contributed by atoms with van der Waals surface area (Å²) in [6.45, 7) is 1.82. The van der Waals surface area contributed by atoms with Gasteiger partial charge in [-0.2, -0.15) is 0 Å². The second kappa shape index (κ2) is 4.68. The summed E-state index contributed by atoms with van der Waals surface area (Å²) in [5.41, 5.74) is -0.0739. The number of carbonyl (C=O) groups is 2. The highest BCUT2D eigenvalue weighted by Crippen LogP contribution is 2.32. The number of hydrogen-bond donors (Lipinski definition) is 0. The highest BCUT2D eigenvalue weighted by Gasteiger charge is 2.60. The third-order valence-corrected chi connectivity index (χ3v) is 2.81. The van der Waals surface area contributed by atoms with E-state index in [1.165, 1.54) is 21.3 Å². The molecular formula is C10H14N4O5. The number of imide groups is 1. The van der Waals surface area contributed by atoms with Crippen molar-refractivity contribution < 1.29 is 24.0 Å². The van der Waals surface area contributed by atoms with E-state index in [9.17, 15) is 9.59 Å². The van der Waals surface area contributed by atoms with E-state index in [0.29, 0.717) is 17.3 Å². The fourth-order valence-corrected chi connectivity index (χ4v) is 1.92. The lowest BCUT2D eigenvalue weighted by Crippen LogP contribution is -2.68. The summed E-state index contributed by atoms with van der Waals surface area (Å²) < 4.78 is 5.23. The van der Waals surface area contributed by atoms with Gasteiger partial charge in [0.25, 0.3) is 0 Å². The van der Waals surface area contributed by atoms with Gasteiger partial charge in [-0.05, 0) is 0 Å². The topological polar surface area (TPSA) is 93.0 Å². The molecule has 1 atom stereocenters. The van der Waals surface area contributed by atoms with Crippen LogP contribution in [0.4, 0.5) is 4.79 Å². The summed E-state index contributed by atoms with van der Waals surface area (Å²) in [5, 5.41) is 1.34. The van der Waals surface area contributed by atoms with Crippen molar-refractivity contribution in [2.45, 2.75) is 19.2 Å². The van der Waals surface area contributed by atoms with E-state index < -0.39 is 17.8 Å². The van der Waals surface area contributed by atoms with Crippen LogP contribution in [0.2, 0.25) is 0 Å². The molecule has 0 aromatic rings. The largest absolute Gasteiger partial charge is 0.380 e. The molecule has 0 radical (unpaired) electrons. The predicted molar refractivity (Wildman–Crippen MR) is 63.0 cm³/mol. The fraction of sp³-hybridized carbons (Fsp3) is 0.600. The van der Waals surface area contributed by atoms with E-state index in [4.69, 9.17) is 14.4 Å². The van der Waals surface area contributed by atoms with Crippen molar-refractivity contribution in [3.63, 3.8) is 0 Å². The lowest BCUT2D eigenvalue weighted by molar-refractivity contribution is -0.246. The molecule has 3 amide bonds. The fourth-order valence-electron chi connectivity index (χ4n) is 1.92. The van der Waals surface area contributed by atoms with Gasteiger partial charge < -0.3 is 4.74 Å². The number of ether oxygens (including phenoxy) is 1. The summed E-state index contributed by atoms with van der Waals surface area (Å²) in [6.07, 6.45) is 0.487. The first-order chi connectivity index (χ1) is 9.05. The van der Waals surface area contributed by atoms with E-state index in [2.05, 4.69) is 9.98 Å². The van der Waals surface area contributed by atoms with Crippen LogP contribution in [0.1, 0.15) is 13.3 Å². The van der Waals surface area contributed by atoms with Crippen molar-refractivity contribution in [3.05, 3.63) is 0 Å². The van der Waals surface area contributed by atoms with Crippen LogP contribution >= 0.6 is 0 Å². The molecule has 0 aliphatic carbocycles. The van der Waals surface area contributed by atoms with E-state index in [-0.39, 0.29) is 5.71 Å². The SMILES string of the molecule is CCC1=NC2(OC)C(=N1)C(=O)N(OC)C(=O)N2OC. The van der Waals surface area contributed by atoms with Crippen molar-refractivity contribution in [2.24, 2.45) is 9.98 Å². The zero-order valence-corrected chi connectivity index (χ0v) is 11.0. The van der Waals surface area contributed by atoms with Gasteiger partial charge in [-0.3, -0.25) is 14.5 Å². The van der Waals surface area contributed by atoms with Crippen molar-refractivity contribution in [2.75, 3.05) is 21.3 Å². The van der Waals surface area contributed by atoms with Crippen LogP contribution in [0.25, 0.3) is 0 Å². The molecule has 2 aliphatic heterocycles. The molecule has 9 nitrogen and oxygen atoms in total. The minimum atomic E-state index is -1.68. The normalized spacial score (nSPS) is 26.5. The van der Waals surface area contributed by atoms with Gasteiger partial charge in [0.15, 0.2) is 5.71 Å². The molecule has 0 spiro atoms. The third-order valence-electron chi connectivity index (χ3n) is 2.81. The number of hydrogen-bond acceptors (Lipinski definition) is 7. The summed E-state index contributed by atoms with van der Waals surface area (Å²) in [5.74, 6) is -2.02. The molecule has 0 N–H and O–H groups in total. The van der Waals surface area contributed by atoms with Gasteiger partial charge in [-0.25, -0.2) is 14.8 Å². The first-order valence-electron chi connectivity index (χ1n) is 5.55. The van der Waals surface area contributed by atoms with E-state index >= 15 is 0 Å². The molecule has 1 saturated heterocycles. The molecule has 2 aliphatic rings. The molecule has 9 heteroatoms. The number of nitrogens with zero attached hydrogens (tertiary/aromatic N) is 4. The highest BCUT2D eigenvalue weighted by atomic mass is 16.8. The maximum absolute atomic E-state index is 12.1. The van der Waals surface area contributed by atoms with Crippen LogP contribution in [0, 0.1) is 0 Å². The minimum Gasteiger partial charge on any atom is -0.333 e. The Labute approximate surface area is 109 Å². The van der Waals surface area contributed by atoms with Crippen LogP contribution in [-0.2, 0) is 19.2 Å². The van der Waals surface area contributed by atoms with E-state index in [1.54, 1.807) is 0 Å². The van der Waals surface area contributed by atoms with Gasteiger partial charge in [0.05, 0.1) is 14.2 Å². The van der Waals surface area contributed by atoms with Crippen LogP contribution < -0.4 is 0 Å². The zero-order valence-electron chi connectivity index (χ0n) is 11.0. The summed E-state index contributed by atoms with van der Waals surface area (Å²) in [4.78, 5) is 42.2. The first kappa shape index (κ1) is 13.6. The maximum atomic E-state index is 12.1. The number of amidine groups is 1. The van der Waals surface area contributed by atoms with Gasteiger partial charge in [0, 0.05) is 13.5 Å². The summed E-state index contributed by atoms with van der Waals surface area (Å²) >= 11 is 0. The van der Waals surface area contributed by atoms with Crippen molar-refractivity contribution in [1.29, 1.82) is 0 Å². The molecule has 0 saturated carbocycles. The minimum absolute atomic E-state index is 0.0739. The molecule has 104 valence electrons. The molecule has 0 bridgehead atoms. The van der Waals surface area contributed by atoms with Crippen molar-refractivity contribution >= 4 is 23.5 Å². The predicted octanol–water partition coefficient (Wildman–Crippen LogP) is -0.0633. The van der Waals surface area contributed by atoms with Gasteiger partial charge in [-0.15, -0.1) is 10.1 Å². The standard InChI is InChI=1S/C10H14N4O5/c1-5-6-11-7-8(15)13(18-3)9(16)14(19-4)10(7,12-6)17-2/h5H2,1-4H3. The van der Waals surface area contributed by atoms with Gasteiger partial charge in [-0.1, -0.05) is 6.92 Å². The monoisotopic (exact) mass is 270 g/mol. The van der Waals surface area contributed by atoms with E-state index in [0.717, 1.165) is 5.06 Å². The number of fused-ring (bicyclic) bond motifs is 1. The number of carbonyl (C=O) groups excluding carboxylic acids is 2. The molecular weight excluding hydrogens is 256 g/mol. The maximum Gasteiger partial charge on any atom is 0.380 e. The number of aliphatic imine (C=N–C) groups is 2. The summed E-state index contributed by atoms with van der Waals surface area (Å²) in [7, 11) is 3.77. The van der Waals surface area contributed by atoms with Crippen molar-refractivity contribution in [1.82, 2.24) is 10.1 Å². The van der Waals surface area contributed by atoms with Crippen LogP contribution in [0.5, 0.6) is 0 Å². The lowest BCUT2D eigenvalue weighted by Gasteiger charge is -2.40. The molecule has 19 heavy (non-hydrogen) atoms. The Hall–Kier alpha value is -1.84. The second-order valence-electron chi connectivity index (χ2n) is 3.70.